The average molecular weight is 495 g/mol. The van der Waals surface area contributed by atoms with Gasteiger partial charge in [0.2, 0.25) is 5.91 Å². The number of ether oxygens (including phenoxy) is 2. The van der Waals surface area contributed by atoms with Crippen LogP contribution in [0.25, 0.3) is 0 Å². The number of hydrazone groups is 1. The van der Waals surface area contributed by atoms with Gasteiger partial charge in [0, 0.05) is 23.9 Å². The molecule has 0 aliphatic carbocycles. The predicted molar refractivity (Wildman–Crippen MR) is 132 cm³/mol. The second kappa shape index (κ2) is 11.6. The van der Waals surface area contributed by atoms with Gasteiger partial charge in [-0.2, -0.15) is 5.10 Å². The third-order valence-electron chi connectivity index (χ3n) is 4.50. The van der Waals surface area contributed by atoms with Crippen molar-refractivity contribution in [3.05, 3.63) is 70.4 Å². The van der Waals surface area contributed by atoms with Gasteiger partial charge in [0.05, 0.1) is 12.8 Å². The number of benzene rings is 2. The number of hydrogen-bond donors (Lipinski definition) is 3. The Kier molecular flexibility index (Phi) is 8.30. The molecule has 0 aliphatic rings. The summed E-state index contributed by atoms with van der Waals surface area (Å²) in [4.78, 5) is 48.0. The molecule has 0 bridgehead atoms. The lowest BCUT2D eigenvalue weighted by Gasteiger charge is -2.11. The van der Waals surface area contributed by atoms with Crippen molar-refractivity contribution in [2.45, 2.75) is 13.8 Å². The molecular formula is C24H22N4O6S. The van der Waals surface area contributed by atoms with Gasteiger partial charge in [0.1, 0.15) is 4.88 Å². The summed E-state index contributed by atoms with van der Waals surface area (Å²) < 4.78 is 10.7. The van der Waals surface area contributed by atoms with Crippen LogP contribution in [-0.4, -0.2) is 36.5 Å². The molecule has 0 aliphatic heterocycles. The van der Waals surface area contributed by atoms with Crippen LogP contribution >= 0.6 is 11.3 Å². The minimum atomic E-state index is -0.969. The van der Waals surface area contributed by atoms with E-state index in [9.17, 15) is 19.2 Å². The van der Waals surface area contributed by atoms with Gasteiger partial charge in [-0.3, -0.25) is 14.4 Å². The fourth-order valence-corrected chi connectivity index (χ4v) is 3.40. The standard InChI is InChI=1S/C24H22N4O6S/c1-14(16-6-11-19(20(13-16)33-3)34-24(32)21-5-4-12-35-21)27-28-23(31)22(30)26-18-9-7-17(8-10-18)25-15(2)29/h4-13H,1-3H3,(H,25,29)(H,26,30)(H,28,31)/b27-14+. The van der Waals surface area contributed by atoms with Gasteiger partial charge >= 0.3 is 17.8 Å². The van der Waals surface area contributed by atoms with Crippen molar-refractivity contribution >= 4 is 52.1 Å². The maximum Gasteiger partial charge on any atom is 0.353 e. The highest BCUT2D eigenvalue weighted by Gasteiger charge is 2.16. The van der Waals surface area contributed by atoms with Crippen LogP contribution in [0.4, 0.5) is 11.4 Å². The van der Waals surface area contributed by atoms with Crippen molar-refractivity contribution < 1.29 is 28.7 Å². The van der Waals surface area contributed by atoms with E-state index in [0.29, 0.717) is 33.3 Å². The van der Waals surface area contributed by atoms with Crippen LogP contribution in [0.5, 0.6) is 11.5 Å². The van der Waals surface area contributed by atoms with Crippen molar-refractivity contribution in [1.29, 1.82) is 0 Å². The number of anilines is 2. The summed E-state index contributed by atoms with van der Waals surface area (Å²) in [6.07, 6.45) is 0. The average Bonchev–Trinajstić information content (AvgIpc) is 3.38. The maximum absolute atomic E-state index is 12.2. The number of amides is 3. The van der Waals surface area contributed by atoms with Crippen LogP contribution in [0.2, 0.25) is 0 Å². The molecule has 0 saturated carbocycles. The van der Waals surface area contributed by atoms with Crippen LogP contribution in [0, 0.1) is 0 Å². The topological polar surface area (TPSA) is 135 Å². The first kappa shape index (κ1) is 25.1. The molecule has 0 radical (unpaired) electrons. The van der Waals surface area contributed by atoms with Crippen molar-refractivity contribution in [3.8, 4) is 11.5 Å². The van der Waals surface area contributed by atoms with Crippen molar-refractivity contribution in [2.75, 3.05) is 17.7 Å². The van der Waals surface area contributed by atoms with E-state index in [2.05, 4.69) is 21.2 Å². The van der Waals surface area contributed by atoms with E-state index in [-0.39, 0.29) is 11.7 Å². The molecule has 10 nitrogen and oxygen atoms in total. The highest BCUT2D eigenvalue weighted by Crippen LogP contribution is 2.29. The van der Waals surface area contributed by atoms with Crippen molar-refractivity contribution in [1.82, 2.24) is 5.43 Å². The zero-order chi connectivity index (χ0) is 25.4. The lowest BCUT2D eigenvalue weighted by atomic mass is 10.1. The molecule has 1 aromatic heterocycles. The molecule has 3 rings (SSSR count). The molecule has 3 amide bonds. The van der Waals surface area contributed by atoms with E-state index >= 15 is 0 Å². The largest absolute Gasteiger partial charge is 0.493 e. The third kappa shape index (κ3) is 6.98. The Labute approximate surface area is 204 Å². The van der Waals surface area contributed by atoms with E-state index in [1.165, 1.54) is 25.4 Å². The Morgan fingerprint density at radius 3 is 2.14 bits per heavy atom. The number of thiophene rings is 1. The van der Waals surface area contributed by atoms with E-state index in [1.807, 2.05) is 0 Å². The smallest absolute Gasteiger partial charge is 0.353 e. The number of nitrogens with zero attached hydrogens (tertiary/aromatic N) is 1. The normalized spacial score (nSPS) is 10.8. The fourth-order valence-electron chi connectivity index (χ4n) is 2.80. The molecule has 0 atom stereocenters. The number of nitrogens with one attached hydrogen (secondary N) is 3. The summed E-state index contributed by atoms with van der Waals surface area (Å²) in [5.74, 6) is -2.07. The molecule has 2 aromatic carbocycles. The number of carbonyl (C=O) groups excluding carboxylic acids is 4. The van der Waals surface area contributed by atoms with Gasteiger partial charge in [-0.25, -0.2) is 10.2 Å². The van der Waals surface area contributed by atoms with E-state index in [0.717, 1.165) is 0 Å². The summed E-state index contributed by atoms with van der Waals surface area (Å²) in [7, 11) is 1.43. The molecule has 3 aromatic rings. The molecule has 180 valence electrons. The molecule has 1 heterocycles. The number of esters is 1. The van der Waals surface area contributed by atoms with Crippen molar-refractivity contribution in [3.63, 3.8) is 0 Å². The Hall–Kier alpha value is -4.51. The SMILES string of the molecule is COc1cc(/C(C)=N/NC(=O)C(=O)Nc2ccc(NC(C)=O)cc2)ccc1OC(=O)c1cccs1. The van der Waals surface area contributed by atoms with E-state index in [1.54, 1.807) is 66.9 Å². The van der Waals surface area contributed by atoms with Gasteiger partial charge < -0.3 is 20.1 Å². The highest BCUT2D eigenvalue weighted by molar-refractivity contribution is 7.12. The van der Waals surface area contributed by atoms with Gasteiger partial charge in [0.25, 0.3) is 0 Å². The molecule has 0 saturated heterocycles. The van der Waals surface area contributed by atoms with Gasteiger partial charge in [-0.05, 0) is 60.8 Å². The number of methoxy groups -OCH3 is 1. The number of carbonyl (C=O) groups is 4. The molecule has 35 heavy (non-hydrogen) atoms. The quantitative estimate of drug-likeness (QED) is 0.151. The molecule has 3 N–H and O–H groups in total. The number of hydrogen-bond acceptors (Lipinski definition) is 8. The Balaban J connectivity index is 1.61. The lowest BCUT2D eigenvalue weighted by molar-refractivity contribution is -0.136. The maximum atomic E-state index is 12.2. The fraction of sp³-hybridized carbons (Fsp3) is 0.125. The summed E-state index contributed by atoms with van der Waals surface area (Å²) in [5, 5.41) is 10.8. The van der Waals surface area contributed by atoms with Gasteiger partial charge in [0.15, 0.2) is 11.5 Å². The number of rotatable bonds is 7. The molecular weight excluding hydrogens is 472 g/mol. The Bertz CT molecular complexity index is 1270. The molecule has 0 spiro atoms. The monoisotopic (exact) mass is 494 g/mol. The Morgan fingerprint density at radius 1 is 0.857 bits per heavy atom. The van der Waals surface area contributed by atoms with Gasteiger partial charge in [-0.1, -0.05) is 6.07 Å². The van der Waals surface area contributed by atoms with Crippen LogP contribution in [0.15, 0.2) is 65.1 Å². The Morgan fingerprint density at radius 2 is 1.54 bits per heavy atom. The summed E-state index contributed by atoms with van der Waals surface area (Å²) in [6, 6.07) is 14.5. The molecule has 0 unspecified atom stereocenters. The van der Waals surface area contributed by atoms with Gasteiger partial charge in [-0.15, -0.1) is 11.3 Å². The van der Waals surface area contributed by atoms with Crippen LogP contribution in [-0.2, 0) is 14.4 Å². The summed E-state index contributed by atoms with van der Waals surface area (Å²) >= 11 is 1.26. The minimum absolute atomic E-state index is 0.221. The zero-order valence-corrected chi connectivity index (χ0v) is 19.9. The summed E-state index contributed by atoms with van der Waals surface area (Å²) in [5.41, 5.74) is 4.09. The van der Waals surface area contributed by atoms with Crippen molar-refractivity contribution in [2.24, 2.45) is 5.10 Å². The first-order valence-corrected chi connectivity index (χ1v) is 11.1. The second-order valence-electron chi connectivity index (χ2n) is 7.08. The first-order valence-electron chi connectivity index (χ1n) is 10.2. The minimum Gasteiger partial charge on any atom is -0.493 e. The van der Waals surface area contributed by atoms with E-state index < -0.39 is 17.8 Å². The predicted octanol–water partition coefficient (Wildman–Crippen LogP) is 3.41. The van der Waals surface area contributed by atoms with Crippen LogP contribution < -0.4 is 25.5 Å². The first-order chi connectivity index (χ1) is 16.8. The third-order valence-corrected chi connectivity index (χ3v) is 5.35. The second-order valence-corrected chi connectivity index (χ2v) is 8.03. The summed E-state index contributed by atoms with van der Waals surface area (Å²) in [6.45, 7) is 3.01. The van der Waals surface area contributed by atoms with Crippen LogP contribution in [0.3, 0.4) is 0 Å². The lowest BCUT2D eigenvalue weighted by Crippen LogP contribution is -2.32. The molecule has 0 fully saturated rings. The zero-order valence-electron chi connectivity index (χ0n) is 19.1. The van der Waals surface area contributed by atoms with E-state index in [4.69, 9.17) is 9.47 Å². The molecule has 11 heteroatoms. The highest BCUT2D eigenvalue weighted by atomic mass is 32.1. The van der Waals surface area contributed by atoms with Crippen LogP contribution in [0.1, 0.15) is 29.1 Å².